The first kappa shape index (κ1) is 13.8. The van der Waals surface area contributed by atoms with Crippen molar-refractivity contribution in [3.05, 3.63) is 34.6 Å². The smallest absolute Gasteiger partial charge is 0.150 e. The molecule has 2 rings (SSSR count). The van der Waals surface area contributed by atoms with Crippen LogP contribution in [0.4, 0.5) is 4.39 Å². The first-order valence-electron chi connectivity index (χ1n) is 5.84. The Kier molecular flexibility index (Phi) is 4.25. The molecule has 1 aliphatic rings. The van der Waals surface area contributed by atoms with Crippen LogP contribution in [0.1, 0.15) is 18.4 Å². The molecule has 0 radical (unpaired) electrons. The number of sulfone groups is 1. The maximum absolute atomic E-state index is 13.2. The van der Waals surface area contributed by atoms with Crippen molar-refractivity contribution < 1.29 is 12.8 Å². The lowest BCUT2D eigenvalue weighted by Crippen LogP contribution is -2.37. The van der Waals surface area contributed by atoms with E-state index in [0.717, 1.165) is 5.56 Å². The summed E-state index contributed by atoms with van der Waals surface area (Å²) in [5, 5.41) is 3.36. The number of hydrogen-bond donors (Lipinski definition) is 1. The van der Waals surface area contributed by atoms with Gasteiger partial charge in [0.1, 0.15) is 15.7 Å². The Bertz CT molecular complexity index is 519. The molecule has 1 fully saturated rings. The van der Waals surface area contributed by atoms with Crippen LogP contribution < -0.4 is 5.32 Å². The van der Waals surface area contributed by atoms with Crippen molar-refractivity contribution in [2.24, 2.45) is 0 Å². The highest BCUT2D eigenvalue weighted by molar-refractivity contribution is 7.91. The Morgan fingerprint density at radius 2 is 2.00 bits per heavy atom. The highest BCUT2D eigenvalue weighted by Crippen LogP contribution is 2.17. The number of benzene rings is 1. The van der Waals surface area contributed by atoms with Crippen molar-refractivity contribution in [1.29, 1.82) is 0 Å². The van der Waals surface area contributed by atoms with E-state index in [4.69, 9.17) is 11.6 Å². The third kappa shape index (κ3) is 3.67. The quantitative estimate of drug-likeness (QED) is 0.928. The Morgan fingerprint density at radius 3 is 2.61 bits per heavy atom. The van der Waals surface area contributed by atoms with Gasteiger partial charge in [-0.15, -0.1) is 0 Å². The molecule has 0 aromatic heterocycles. The molecule has 1 aromatic rings. The molecular formula is C12H15ClFNO2S. The fourth-order valence-electron chi connectivity index (χ4n) is 2.01. The van der Waals surface area contributed by atoms with Crippen LogP contribution in [0, 0.1) is 5.82 Å². The van der Waals surface area contributed by atoms with Crippen molar-refractivity contribution in [2.75, 3.05) is 11.5 Å². The monoisotopic (exact) mass is 291 g/mol. The lowest BCUT2D eigenvalue weighted by molar-refractivity contribution is 0.462. The van der Waals surface area contributed by atoms with Crippen molar-refractivity contribution in [3.63, 3.8) is 0 Å². The van der Waals surface area contributed by atoms with Crippen molar-refractivity contribution in [1.82, 2.24) is 5.32 Å². The Morgan fingerprint density at radius 1 is 1.33 bits per heavy atom. The second-order valence-corrected chi connectivity index (χ2v) is 7.27. The van der Waals surface area contributed by atoms with Crippen molar-refractivity contribution in [3.8, 4) is 0 Å². The topological polar surface area (TPSA) is 46.2 Å². The van der Waals surface area contributed by atoms with Crippen molar-refractivity contribution in [2.45, 2.75) is 25.4 Å². The SMILES string of the molecule is O=S1(=O)CCC(NCc2ccc(Cl)c(F)c2)CC1. The van der Waals surface area contributed by atoms with Gasteiger partial charge in [0.2, 0.25) is 0 Å². The van der Waals surface area contributed by atoms with Crippen LogP contribution in [0.15, 0.2) is 18.2 Å². The largest absolute Gasteiger partial charge is 0.310 e. The summed E-state index contributed by atoms with van der Waals surface area (Å²) >= 11 is 5.60. The maximum Gasteiger partial charge on any atom is 0.150 e. The standard InChI is InChI=1S/C12H15ClFNO2S/c13-11-2-1-9(7-12(11)14)8-15-10-3-5-18(16,17)6-4-10/h1-2,7,10,15H,3-6,8H2. The van der Waals surface area contributed by atoms with Crippen LogP contribution in [-0.4, -0.2) is 26.0 Å². The van der Waals surface area contributed by atoms with Gasteiger partial charge < -0.3 is 5.32 Å². The second kappa shape index (κ2) is 5.55. The van der Waals surface area contributed by atoms with Gasteiger partial charge in [0.05, 0.1) is 16.5 Å². The summed E-state index contributed by atoms with van der Waals surface area (Å²) in [6.07, 6.45) is 1.25. The van der Waals surface area contributed by atoms with Gasteiger partial charge in [0.15, 0.2) is 0 Å². The minimum Gasteiger partial charge on any atom is -0.310 e. The van der Waals surface area contributed by atoms with Gasteiger partial charge in [0, 0.05) is 12.6 Å². The number of rotatable bonds is 3. The summed E-state index contributed by atoms with van der Waals surface area (Å²) in [4.78, 5) is 0. The zero-order valence-electron chi connectivity index (χ0n) is 9.83. The lowest BCUT2D eigenvalue weighted by Gasteiger charge is -2.23. The predicted molar refractivity (Wildman–Crippen MR) is 69.9 cm³/mol. The molecule has 18 heavy (non-hydrogen) atoms. The molecule has 1 aliphatic heterocycles. The van der Waals surface area contributed by atoms with Gasteiger partial charge in [-0.2, -0.15) is 0 Å². The van der Waals surface area contributed by atoms with Gasteiger partial charge >= 0.3 is 0 Å². The molecule has 1 heterocycles. The Hall–Kier alpha value is -0.650. The van der Waals surface area contributed by atoms with E-state index in [9.17, 15) is 12.8 Å². The van der Waals surface area contributed by atoms with Gasteiger partial charge in [0.25, 0.3) is 0 Å². The molecule has 1 N–H and O–H groups in total. The molecule has 100 valence electrons. The number of nitrogens with one attached hydrogen (secondary N) is 1. The molecule has 6 heteroatoms. The molecule has 0 bridgehead atoms. The van der Waals surface area contributed by atoms with Gasteiger partial charge in [-0.1, -0.05) is 17.7 Å². The third-order valence-electron chi connectivity index (χ3n) is 3.13. The summed E-state index contributed by atoms with van der Waals surface area (Å²) in [6, 6.07) is 4.87. The van der Waals surface area contributed by atoms with E-state index in [2.05, 4.69) is 5.32 Å². The van der Waals surface area contributed by atoms with Crippen LogP contribution in [0.2, 0.25) is 5.02 Å². The summed E-state index contributed by atoms with van der Waals surface area (Å²) in [5.41, 5.74) is 0.810. The highest BCUT2D eigenvalue weighted by atomic mass is 35.5. The second-order valence-electron chi connectivity index (χ2n) is 4.56. The molecule has 0 aliphatic carbocycles. The van der Waals surface area contributed by atoms with Crippen LogP contribution in [0.5, 0.6) is 0 Å². The molecule has 1 saturated heterocycles. The van der Waals surface area contributed by atoms with E-state index < -0.39 is 15.7 Å². The third-order valence-corrected chi connectivity index (χ3v) is 5.16. The van der Waals surface area contributed by atoms with E-state index in [1.54, 1.807) is 6.07 Å². The normalized spacial score (nSPS) is 19.9. The summed E-state index contributed by atoms with van der Waals surface area (Å²) in [5.74, 6) is 0.0430. The van der Waals surface area contributed by atoms with E-state index in [1.807, 2.05) is 0 Å². The van der Waals surface area contributed by atoms with Crippen LogP contribution in [0.3, 0.4) is 0 Å². The molecule has 3 nitrogen and oxygen atoms in total. The van der Waals surface area contributed by atoms with E-state index in [-0.39, 0.29) is 22.6 Å². The molecule has 0 spiro atoms. The fourth-order valence-corrected chi connectivity index (χ4v) is 3.61. The lowest BCUT2D eigenvalue weighted by atomic mass is 10.1. The summed E-state index contributed by atoms with van der Waals surface area (Å²) in [7, 11) is -2.83. The molecule has 1 aromatic carbocycles. The molecular weight excluding hydrogens is 277 g/mol. The van der Waals surface area contributed by atoms with Gasteiger partial charge in [-0.3, -0.25) is 0 Å². The molecule has 0 unspecified atom stereocenters. The summed E-state index contributed by atoms with van der Waals surface area (Å²) in [6.45, 7) is 0.527. The van der Waals surface area contributed by atoms with Crippen LogP contribution >= 0.6 is 11.6 Å². The van der Waals surface area contributed by atoms with E-state index in [0.29, 0.717) is 19.4 Å². The molecule has 0 atom stereocenters. The fraction of sp³-hybridized carbons (Fsp3) is 0.500. The van der Waals surface area contributed by atoms with E-state index >= 15 is 0 Å². The molecule has 0 amide bonds. The van der Waals surface area contributed by atoms with Gasteiger partial charge in [-0.25, -0.2) is 12.8 Å². The van der Waals surface area contributed by atoms with Crippen LogP contribution in [-0.2, 0) is 16.4 Å². The minimum atomic E-state index is -2.83. The zero-order chi connectivity index (χ0) is 13.2. The number of halogens is 2. The Labute approximate surface area is 111 Å². The molecule has 0 saturated carbocycles. The zero-order valence-corrected chi connectivity index (χ0v) is 11.4. The highest BCUT2D eigenvalue weighted by Gasteiger charge is 2.22. The first-order valence-corrected chi connectivity index (χ1v) is 8.04. The predicted octanol–water partition coefficient (Wildman–Crippen LogP) is 2.15. The van der Waals surface area contributed by atoms with Crippen LogP contribution in [0.25, 0.3) is 0 Å². The maximum atomic E-state index is 13.2. The van der Waals surface area contributed by atoms with Crippen molar-refractivity contribution >= 4 is 21.4 Å². The first-order chi connectivity index (χ1) is 8.46. The average molecular weight is 292 g/mol. The average Bonchev–Trinajstić information content (AvgIpc) is 2.32. The summed E-state index contributed by atoms with van der Waals surface area (Å²) < 4.78 is 35.7. The minimum absolute atomic E-state index is 0.113. The Balaban J connectivity index is 1.87. The van der Waals surface area contributed by atoms with E-state index in [1.165, 1.54) is 12.1 Å². The van der Waals surface area contributed by atoms with Gasteiger partial charge in [-0.05, 0) is 30.5 Å². The number of hydrogen-bond acceptors (Lipinski definition) is 3.